The number of rotatable bonds is 6. The highest BCUT2D eigenvalue weighted by Gasteiger charge is 2.32. The fourth-order valence-corrected chi connectivity index (χ4v) is 3.10. The van der Waals surface area contributed by atoms with Gasteiger partial charge in [-0.3, -0.25) is 10.1 Å². The van der Waals surface area contributed by atoms with Crippen molar-refractivity contribution in [3.8, 4) is 5.75 Å². The molecule has 0 saturated carbocycles. The molecule has 1 aromatic carbocycles. The van der Waals surface area contributed by atoms with Gasteiger partial charge in [0, 0.05) is 44.2 Å². The molecular weight excluding hydrogens is 394 g/mol. The average Bonchev–Trinajstić information content (AvgIpc) is 2.68. The summed E-state index contributed by atoms with van der Waals surface area (Å²) >= 11 is 0. The van der Waals surface area contributed by atoms with Crippen LogP contribution in [0.2, 0.25) is 0 Å². The first-order valence-corrected chi connectivity index (χ1v) is 9.75. The van der Waals surface area contributed by atoms with Crippen molar-refractivity contribution in [1.82, 2.24) is 9.80 Å². The maximum Gasteiger partial charge on any atom is 0.415 e. The van der Waals surface area contributed by atoms with Gasteiger partial charge in [0.2, 0.25) is 0 Å². The molecule has 1 aliphatic rings. The molecule has 0 bridgehead atoms. The molecule has 0 N–H and O–H groups in total. The molecule has 0 aliphatic carbocycles. The highest BCUT2D eigenvalue weighted by atomic mass is 16.6. The zero-order valence-electron chi connectivity index (χ0n) is 17.4. The van der Waals surface area contributed by atoms with Gasteiger partial charge in [0.15, 0.2) is 0 Å². The SMILES string of the molecule is CC(C)(C)OC(=O)N1CCC(N(CCC=O)C(=O)Oc2ccc([N+](=O)[O-])cc2)CC1. The summed E-state index contributed by atoms with van der Waals surface area (Å²) in [6.07, 6.45) is 0.889. The van der Waals surface area contributed by atoms with Crippen LogP contribution in [-0.2, 0) is 9.53 Å². The molecule has 10 heteroatoms. The first-order valence-electron chi connectivity index (χ1n) is 9.75. The standard InChI is InChI=1S/C20H27N3O7/c1-20(2,3)30-18(25)21-12-9-15(10-13-21)22(11-4-14-24)19(26)29-17-7-5-16(6-8-17)23(27)28/h5-8,14-15H,4,9-13H2,1-3H3. The van der Waals surface area contributed by atoms with Crippen molar-refractivity contribution in [3.63, 3.8) is 0 Å². The van der Waals surface area contributed by atoms with Gasteiger partial charge in [-0.15, -0.1) is 0 Å². The molecule has 1 heterocycles. The number of amides is 2. The van der Waals surface area contributed by atoms with Gasteiger partial charge in [-0.1, -0.05) is 0 Å². The monoisotopic (exact) mass is 421 g/mol. The van der Waals surface area contributed by atoms with E-state index in [1.165, 1.54) is 29.2 Å². The van der Waals surface area contributed by atoms with Crippen LogP contribution in [0.3, 0.4) is 0 Å². The Balaban J connectivity index is 1.99. The fourth-order valence-electron chi connectivity index (χ4n) is 3.10. The van der Waals surface area contributed by atoms with Crippen molar-refractivity contribution < 1.29 is 28.8 Å². The number of hydrogen-bond donors (Lipinski definition) is 0. The van der Waals surface area contributed by atoms with Crippen LogP contribution in [0.25, 0.3) is 0 Å². The Morgan fingerprint density at radius 1 is 1.23 bits per heavy atom. The zero-order chi connectivity index (χ0) is 22.3. The molecule has 164 valence electrons. The van der Waals surface area contributed by atoms with E-state index in [4.69, 9.17) is 9.47 Å². The van der Waals surface area contributed by atoms with Crippen LogP contribution in [0, 0.1) is 10.1 Å². The first-order chi connectivity index (χ1) is 14.1. The summed E-state index contributed by atoms with van der Waals surface area (Å²) in [6.45, 7) is 6.42. The number of non-ortho nitro benzene ring substituents is 1. The molecule has 1 aliphatic heterocycles. The van der Waals surface area contributed by atoms with Crippen molar-refractivity contribution in [2.75, 3.05) is 19.6 Å². The number of likely N-dealkylation sites (tertiary alicyclic amines) is 1. The molecule has 10 nitrogen and oxygen atoms in total. The molecular formula is C20H27N3O7. The van der Waals surface area contributed by atoms with Gasteiger partial charge in [-0.05, 0) is 45.7 Å². The molecule has 2 rings (SSSR count). The predicted octanol–water partition coefficient (Wildman–Crippen LogP) is 3.38. The van der Waals surface area contributed by atoms with E-state index in [0.29, 0.717) is 25.9 Å². The highest BCUT2D eigenvalue weighted by Crippen LogP contribution is 2.22. The predicted molar refractivity (Wildman–Crippen MR) is 107 cm³/mol. The summed E-state index contributed by atoms with van der Waals surface area (Å²) < 4.78 is 10.7. The summed E-state index contributed by atoms with van der Waals surface area (Å²) in [5, 5.41) is 10.7. The van der Waals surface area contributed by atoms with E-state index in [1.54, 1.807) is 25.7 Å². The van der Waals surface area contributed by atoms with Gasteiger partial charge >= 0.3 is 12.2 Å². The van der Waals surface area contributed by atoms with E-state index in [0.717, 1.165) is 6.29 Å². The van der Waals surface area contributed by atoms with Crippen LogP contribution in [-0.4, -0.2) is 64.5 Å². The average molecular weight is 421 g/mol. The normalized spacial score (nSPS) is 14.7. The lowest BCUT2D eigenvalue weighted by atomic mass is 10.0. The van der Waals surface area contributed by atoms with Crippen LogP contribution in [0.1, 0.15) is 40.0 Å². The minimum atomic E-state index is -0.638. The van der Waals surface area contributed by atoms with E-state index in [1.807, 2.05) is 0 Å². The van der Waals surface area contributed by atoms with E-state index >= 15 is 0 Å². The fraction of sp³-hybridized carbons (Fsp3) is 0.550. The topological polar surface area (TPSA) is 119 Å². The van der Waals surface area contributed by atoms with Crippen LogP contribution in [0.15, 0.2) is 24.3 Å². The Morgan fingerprint density at radius 3 is 2.33 bits per heavy atom. The molecule has 0 aromatic heterocycles. The number of hydrogen-bond acceptors (Lipinski definition) is 7. The largest absolute Gasteiger partial charge is 0.444 e. The van der Waals surface area contributed by atoms with E-state index < -0.39 is 22.7 Å². The lowest BCUT2D eigenvalue weighted by Gasteiger charge is -2.38. The molecule has 0 unspecified atom stereocenters. The van der Waals surface area contributed by atoms with Crippen LogP contribution >= 0.6 is 0 Å². The summed E-state index contributed by atoms with van der Waals surface area (Å²) in [7, 11) is 0. The smallest absolute Gasteiger partial charge is 0.415 e. The van der Waals surface area contributed by atoms with E-state index in [9.17, 15) is 24.5 Å². The van der Waals surface area contributed by atoms with Crippen molar-refractivity contribution in [2.45, 2.75) is 51.7 Å². The second kappa shape index (κ2) is 10.0. The quantitative estimate of drug-likeness (QED) is 0.392. The summed E-state index contributed by atoms with van der Waals surface area (Å²) in [5.41, 5.74) is -0.694. The second-order valence-corrected chi connectivity index (χ2v) is 7.97. The highest BCUT2D eigenvalue weighted by molar-refractivity contribution is 5.72. The van der Waals surface area contributed by atoms with Gasteiger partial charge < -0.3 is 24.1 Å². The molecule has 0 atom stereocenters. The number of ether oxygens (including phenoxy) is 2. The zero-order valence-corrected chi connectivity index (χ0v) is 17.4. The first kappa shape index (κ1) is 23.1. The number of nitro benzene ring substituents is 1. The lowest BCUT2D eigenvalue weighted by Crippen LogP contribution is -2.50. The van der Waals surface area contributed by atoms with Gasteiger partial charge in [0.25, 0.3) is 5.69 Å². The van der Waals surface area contributed by atoms with Gasteiger partial charge in [0.05, 0.1) is 4.92 Å². The third-order valence-electron chi connectivity index (χ3n) is 4.53. The van der Waals surface area contributed by atoms with Crippen molar-refractivity contribution >= 4 is 24.2 Å². The van der Waals surface area contributed by atoms with Crippen molar-refractivity contribution in [1.29, 1.82) is 0 Å². The number of carbonyl (C=O) groups excluding carboxylic acids is 3. The third kappa shape index (κ3) is 6.71. The molecule has 1 aromatic rings. The third-order valence-corrected chi connectivity index (χ3v) is 4.53. The minimum Gasteiger partial charge on any atom is -0.444 e. The number of piperidine rings is 1. The second-order valence-electron chi connectivity index (χ2n) is 7.97. The number of aldehydes is 1. The summed E-state index contributed by atoms with van der Waals surface area (Å²) in [6, 6.07) is 4.99. The maximum atomic E-state index is 12.7. The maximum absolute atomic E-state index is 12.7. The number of nitrogens with zero attached hydrogens (tertiary/aromatic N) is 3. The van der Waals surface area contributed by atoms with Crippen molar-refractivity contribution in [2.24, 2.45) is 0 Å². The summed E-state index contributed by atoms with van der Waals surface area (Å²) in [5.74, 6) is 0.174. The Hall–Kier alpha value is -3.17. The summed E-state index contributed by atoms with van der Waals surface area (Å²) in [4.78, 5) is 49.0. The van der Waals surface area contributed by atoms with E-state index in [-0.39, 0.29) is 30.4 Å². The molecule has 1 fully saturated rings. The molecule has 1 saturated heterocycles. The van der Waals surface area contributed by atoms with E-state index in [2.05, 4.69) is 0 Å². The molecule has 30 heavy (non-hydrogen) atoms. The number of nitro groups is 1. The molecule has 0 spiro atoms. The Bertz CT molecular complexity index is 766. The number of benzene rings is 1. The van der Waals surface area contributed by atoms with Crippen LogP contribution < -0.4 is 4.74 Å². The van der Waals surface area contributed by atoms with Crippen molar-refractivity contribution in [3.05, 3.63) is 34.4 Å². The van der Waals surface area contributed by atoms with Gasteiger partial charge in [-0.25, -0.2) is 9.59 Å². The molecule has 2 amide bonds. The lowest BCUT2D eigenvalue weighted by molar-refractivity contribution is -0.384. The van der Waals surface area contributed by atoms with Gasteiger partial charge in [0.1, 0.15) is 17.6 Å². The van der Waals surface area contributed by atoms with Gasteiger partial charge in [-0.2, -0.15) is 0 Å². The van der Waals surface area contributed by atoms with Crippen LogP contribution in [0.5, 0.6) is 5.75 Å². The minimum absolute atomic E-state index is 0.109. The Kier molecular flexibility index (Phi) is 7.73. The van der Waals surface area contributed by atoms with Crippen LogP contribution in [0.4, 0.5) is 15.3 Å². The Labute approximate surface area is 174 Å². The Morgan fingerprint density at radius 2 is 1.83 bits per heavy atom. The number of carbonyl (C=O) groups is 3. The molecule has 0 radical (unpaired) electrons.